The number of rotatable bonds is 1. The number of benzene rings is 1. The van der Waals surface area contributed by atoms with Gasteiger partial charge in [-0.05, 0) is 24.6 Å². The lowest BCUT2D eigenvalue weighted by Crippen LogP contribution is -2.32. The molecule has 84 valence electrons. The van der Waals surface area contributed by atoms with Crippen LogP contribution in [0.4, 0.5) is 5.69 Å². The summed E-state index contributed by atoms with van der Waals surface area (Å²) in [4.78, 5) is 24.8. The zero-order valence-electron chi connectivity index (χ0n) is 8.68. The lowest BCUT2D eigenvalue weighted by molar-refractivity contribution is -0.123. The van der Waals surface area contributed by atoms with Crippen LogP contribution in [0.3, 0.4) is 0 Å². The van der Waals surface area contributed by atoms with Crippen LogP contribution in [0, 0.1) is 23.2 Å². The highest BCUT2D eigenvalue weighted by Gasteiger charge is 2.59. The van der Waals surface area contributed by atoms with Crippen LogP contribution in [-0.2, 0) is 9.59 Å². The van der Waals surface area contributed by atoms with Gasteiger partial charge in [0, 0.05) is 0 Å². The van der Waals surface area contributed by atoms with Crippen molar-refractivity contribution < 1.29 is 9.59 Å². The van der Waals surface area contributed by atoms with Crippen LogP contribution in [0.25, 0.3) is 0 Å². The molecule has 2 unspecified atom stereocenters. The van der Waals surface area contributed by atoms with E-state index in [9.17, 15) is 9.59 Å². The molecule has 1 saturated carbocycles. The van der Waals surface area contributed by atoms with Crippen LogP contribution in [0.2, 0.25) is 5.02 Å². The number of imide groups is 1. The monoisotopic (exact) mass is 246 g/mol. The van der Waals surface area contributed by atoms with Crippen LogP contribution in [0.5, 0.6) is 0 Å². The second kappa shape index (κ2) is 3.31. The Morgan fingerprint density at radius 1 is 1.29 bits per heavy atom. The number of piperidine rings is 1. The average Bonchev–Trinajstić information content (AvgIpc) is 3.06. The molecule has 4 nitrogen and oxygen atoms in total. The van der Waals surface area contributed by atoms with Crippen LogP contribution < -0.4 is 4.90 Å². The zero-order chi connectivity index (χ0) is 12.2. The summed E-state index contributed by atoms with van der Waals surface area (Å²) in [5.41, 5.74) is 0.788. The fourth-order valence-electron chi connectivity index (χ4n) is 2.18. The third-order valence-electron chi connectivity index (χ3n) is 3.18. The summed E-state index contributed by atoms with van der Waals surface area (Å²) in [6, 6.07) is 6.50. The summed E-state index contributed by atoms with van der Waals surface area (Å²) in [6.45, 7) is 0. The van der Waals surface area contributed by atoms with E-state index < -0.39 is 0 Å². The molecule has 5 heteroatoms. The molecule has 1 saturated heterocycles. The van der Waals surface area contributed by atoms with Crippen LogP contribution >= 0.6 is 11.6 Å². The maximum atomic E-state index is 11.8. The fraction of sp³-hybridized carbons (Fsp3) is 0.250. The highest BCUT2D eigenvalue weighted by Crippen LogP contribution is 2.49. The van der Waals surface area contributed by atoms with Crippen molar-refractivity contribution in [2.75, 3.05) is 4.90 Å². The zero-order valence-corrected chi connectivity index (χ0v) is 9.44. The topological polar surface area (TPSA) is 61.2 Å². The Morgan fingerprint density at radius 2 is 1.94 bits per heavy atom. The standard InChI is InChI=1S/C12H7ClN2O2/c13-9-3-6(5-14)1-2-10(9)15-11(16)7-4-8(7)12(15)17/h1-3,7-8H,4H2. The Labute approximate surface area is 102 Å². The summed E-state index contributed by atoms with van der Waals surface area (Å²) in [6.07, 6.45) is 0.669. The maximum absolute atomic E-state index is 11.8. The predicted molar refractivity (Wildman–Crippen MR) is 60.3 cm³/mol. The second-order valence-corrected chi connectivity index (χ2v) is 4.65. The molecule has 17 heavy (non-hydrogen) atoms. The van der Waals surface area contributed by atoms with Gasteiger partial charge < -0.3 is 0 Å². The van der Waals surface area contributed by atoms with E-state index in [2.05, 4.69) is 0 Å². The van der Waals surface area contributed by atoms with E-state index in [0.717, 1.165) is 4.90 Å². The molecule has 1 aliphatic carbocycles. The maximum Gasteiger partial charge on any atom is 0.237 e. The Balaban J connectivity index is 2.03. The first-order valence-corrected chi connectivity index (χ1v) is 5.58. The minimum Gasteiger partial charge on any atom is -0.274 e. The number of hydrogen-bond donors (Lipinski definition) is 0. The van der Waals surface area contributed by atoms with E-state index >= 15 is 0 Å². The first kappa shape index (κ1) is 10.3. The molecule has 2 aliphatic rings. The Morgan fingerprint density at radius 3 is 2.47 bits per heavy atom. The molecular formula is C12H7ClN2O2. The third kappa shape index (κ3) is 1.36. The van der Waals surface area contributed by atoms with Gasteiger partial charge in [-0.1, -0.05) is 11.6 Å². The first-order chi connectivity index (χ1) is 8.13. The van der Waals surface area contributed by atoms with E-state index in [1.54, 1.807) is 12.1 Å². The van der Waals surface area contributed by atoms with Gasteiger partial charge in [0.25, 0.3) is 0 Å². The number of halogens is 1. The number of carbonyl (C=O) groups is 2. The van der Waals surface area contributed by atoms with Crippen molar-refractivity contribution in [3.8, 4) is 6.07 Å². The number of fused-ring (bicyclic) bond motifs is 1. The summed E-state index contributed by atoms with van der Waals surface area (Å²) in [5.74, 6) is -0.637. The van der Waals surface area contributed by atoms with Crippen molar-refractivity contribution in [3.05, 3.63) is 28.8 Å². The molecule has 1 heterocycles. The number of anilines is 1. The van der Waals surface area contributed by atoms with E-state index in [-0.39, 0.29) is 28.7 Å². The Hall–Kier alpha value is -1.86. The van der Waals surface area contributed by atoms with E-state index in [1.807, 2.05) is 6.07 Å². The van der Waals surface area contributed by atoms with Gasteiger partial charge in [0.2, 0.25) is 11.8 Å². The smallest absolute Gasteiger partial charge is 0.237 e. The number of carbonyl (C=O) groups excluding carboxylic acids is 2. The van der Waals surface area contributed by atoms with Crippen LogP contribution in [-0.4, -0.2) is 11.8 Å². The fourth-order valence-corrected chi connectivity index (χ4v) is 2.44. The first-order valence-electron chi connectivity index (χ1n) is 5.21. The highest BCUT2D eigenvalue weighted by atomic mass is 35.5. The normalized spacial score (nSPS) is 25.8. The van der Waals surface area contributed by atoms with Gasteiger partial charge >= 0.3 is 0 Å². The third-order valence-corrected chi connectivity index (χ3v) is 3.49. The van der Waals surface area contributed by atoms with Gasteiger partial charge in [-0.25, -0.2) is 4.90 Å². The van der Waals surface area contributed by atoms with Gasteiger partial charge in [0.15, 0.2) is 0 Å². The second-order valence-electron chi connectivity index (χ2n) is 4.24. The molecule has 2 amide bonds. The molecule has 1 aromatic carbocycles. The summed E-state index contributed by atoms with van der Waals surface area (Å²) < 4.78 is 0. The van der Waals surface area contributed by atoms with Gasteiger partial charge in [0.1, 0.15) is 0 Å². The molecule has 0 bridgehead atoms. The van der Waals surface area contributed by atoms with Crippen LogP contribution in [0.15, 0.2) is 18.2 Å². The molecule has 0 aromatic heterocycles. The Bertz CT molecular complexity index is 571. The van der Waals surface area contributed by atoms with Crippen molar-refractivity contribution >= 4 is 29.1 Å². The quantitative estimate of drug-likeness (QED) is 0.709. The van der Waals surface area contributed by atoms with Crippen molar-refractivity contribution in [2.45, 2.75) is 6.42 Å². The minimum absolute atomic E-state index is 0.144. The summed E-state index contributed by atoms with van der Waals surface area (Å²) >= 11 is 5.98. The van der Waals surface area contributed by atoms with Crippen LogP contribution in [0.1, 0.15) is 12.0 Å². The van der Waals surface area contributed by atoms with Gasteiger partial charge in [-0.3, -0.25) is 9.59 Å². The number of nitrogens with zero attached hydrogens (tertiary/aromatic N) is 2. The molecule has 3 rings (SSSR count). The Kier molecular flexibility index (Phi) is 2.01. The van der Waals surface area contributed by atoms with Crippen molar-refractivity contribution in [3.63, 3.8) is 0 Å². The average molecular weight is 247 g/mol. The molecule has 1 aromatic rings. The minimum atomic E-state index is -0.174. The van der Waals surface area contributed by atoms with E-state index in [1.165, 1.54) is 6.07 Å². The number of nitriles is 1. The number of hydrogen-bond acceptors (Lipinski definition) is 3. The van der Waals surface area contributed by atoms with E-state index in [4.69, 9.17) is 16.9 Å². The van der Waals surface area contributed by atoms with E-state index in [0.29, 0.717) is 17.7 Å². The van der Waals surface area contributed by atoms with Crippen molar-refractivity contribution in [1.29, 1.82) is 5.26 Å². The molecular weight excluding hydrogens is 240 g/mol. The molecule has 2 atom stereocenters. The number of amides is 2. The largest absolute Gasteiger partial charge is 0.274 e. The van der Waals surface area contributed by atoms with Crippen molar-refractivity contribution in [1.82, 2.24) is 0 Å². The summed E-state index contributed by atoms with van der Waals surface area (Å²) in [5, 5.41) is 8.97. The van der Waals surface area contributed by atoms with Gasteiger partial charge in [-0.15, -0.1) is 0 Å². The summed E-state index contributed by atoms with van der Waals surface area (Å²) in [7, 11) is 0. The SMILES string of the molecule is N#Cc1ccc(N2C(=O)C3CC3C2=O)c(Cl)c1. The lowest BCUT2D eigenvalue weighted by Gasteiger charge is -2.17. The predicted octanol–water partition coefficient (Wildman–Crippen LogP) is 1.72. The van der Waals surface area contributed by atoms with Crippen molar-refractivity contribution in [2.24, 2.45) is 11.8 Å². The van der Waals surface area contributed by atoms with Gasteiger partial charge in [0.05, 0.1) is 34.2 Å². The molecule has 0 radical (unpaired) electrons. The lowest BCUT2D eigenvalue weighted by atomic mass is 10.2. The van der Waals surface area contributed by atoms with Gasteiger partial charge in [-0.2, -0.15) is 5.26 Å². The molecule has 2 fully saturated rings. The highest BCUT2D eigenvalue weighted by molar-refractivity contribution is 6.36. The molecule has 1 aliphatic heterocycles. The molecule has 0 N–H and O–H groups in total. The molecule has 0 spiro atoms.